The summed E-state index contributed by atoms with van der Waals surface area (Å²) in [4.78, 5) is 17.3. The molecule has 1 fully saturated rings. The third-order valence-corrected chi connectivity index (χ3v) is 4.24. The van der Waals surface area contributed by atoms with Gasteiger partial charge in [0, 0.05) is 12.1 Å². The van der Waals surface area contributed by atoms with Gasteiger partial charge in [0.05, 0.1) is 10.2 Å². The van der Waals surface area contributed by atoms with Crippen molar-refractivity contribution in [3.8, 4) is 0 Å². The van der Waals surface area contributed by atoms with Crippen LogP contribution < -0.4 is 0 Å². The molecule has 4 rings (SSSR count). The van der Waals surface area contributed by atoms with Crippen LogP contribution in [0.5, 0.6) is 0 Å². The highest BCUT2D eigenvalue weighted by atomic mass is 32.1. The van der Waals surface area contributed by atoms with E-state index in [0.717, 1.165) is 23.3 Å². The Bertz CT molecular complexity index is 736. The Morgan fingerprint density at radius 3 is 3.00 bits per heavy atom. The standard InChI is InChI=1S/C13H10N2OS/c16-12(8-5-6-8)9-7-15-10-3-1-2-4-11(10)17-13(15)14-9/h1-4,7-8H,5-6H2. The smallest absolute Gasteiger partial charge is 0.195 e. The van der Waals surface area contributed by atoms with Crippen molar-refractivity contribution in [1.82, 2.24) is 9.38 Å². The van der Waals surface area contributed by atoms with E-state index in [2.05, 4.69) is 17.1 Å². The largest absolute Gasteiger partial charge is 0.292 e. The van der Waals surface area contributed by atoms with Crippen LogP contribution in [0.1, 0.15) is 23.3 Å². The lowest BCUT2D eigenvalue weighted by molar-refractivity contribution is 0.0963. The van der Waals surface area contributed by atoms with E-state index >= 15 is 0 Å². The van der Waals surface area contributed by atoms with Crippen molar-refractivity contribution in [3.05, 3.63) is 36.2 Å². The van der Waals surface area contributed by atoms with Gasteiger partial charge >= 0.3 is 0 Å². The molecular formula is C13H10N2OS. The molecule has 1 aliphatic rings. The number of aromatic nitrogens is 2. The molecule has 2 heterocycles. The van der Waals surface area contributed by atoms with Crippen LogP contribution >= 0.6 is 11.3 Å². The zero-order valence-electron chi connectivity index (χ0n) is 9.09. The number of rotatable bonds is 2. The Balaban J connectivity index is 1.94. The number of imidazole rings is 1. The minimum Gasteiger partial charge on any atom is -0.292 e. The predicted octanol–water partition coefficient (Wildman–Crippen LogP) is 3.14. The molecule has 4 heteroatoms. The molecule has 1 aromatic carbocycles. The van der Waals surface area contributed by atoms with E-state index < -0.39 is 0 Å². The Morgan fingerprint density at radius 1 is 1.35 bits per heavy atom. The van der Waals surface area contributed by atoms with Crippen LogP contribution in [0.25, 0.3) is 15.2 Å². The lowest BCUT2D eigenvalue weighted by Crippen LogP contribution is -2.00. The summed E-state index contributed by atoms with van der Waals surface area (Å²) in [6.45, 7) is 0. The molecule has 84 valence electrons. The molecule has 2 aromatic heterocycles. The molecule has 1 aliphatic carbocycles. The number of carbonyl (C=O) groups excluding carboxylic acids is 1. The van der Waals surface area contributed by atoms with Crippen LogP contribution in [0.3, 0.4) is 0 Å². The zero-order chi connectivity index (χ0) is 11.4. The molecule has 3 nitrogen and oxygen atoms in total. The summed E-state index contributed by atoms with van der Waals surface area (Å²) in [5.74, 6) is 0.454. The lowest BCUT2D eigenvalue weighted by Gasteiger charge is -1.91. The first-order valence-corrected chi connectivity index (χ1v) is 6.55. The summed E-state index contributed by atoms with van der Waals surface area (Å²) >= 11 is 1.63. The van der Waals surface area contributed by atoms with Gasteiger partial charge in [-0.2, -0.15) is 0 Å². The quantitative estimate of drug-likeness (QED) is 0.647. The number of hydrogen-bond acceptors (Lipinski definition) is 3. The van der Waals surface area contributed by atoms with Gasteiger partial charge in [0.25, 0.3) is 0 Å². The average Bonchev–Trinajstić information content (AvgIpc) is 3.01. The van der Waals surface area contributed by atoms with Crippen molar-refractivity contribution in [2.24, 2.45) is 5.92 Å². The first kappa shape index (κ1) is 9.36. The van der Waals surface area contributed by atoms with Gasteiger partial charge in [0.1, 0.15) is 5.69 Å². The van der Waals surface area contributed by atoms with Crippen molar-refractivity contribution in [2.45, 2.75) is 12.8 Å². The number of benzene rings is 1. The van der Waals surface area contributed by atoms with Crippen molar-refractivity contribution in [2.75, 3.05) is 0 Å². The molecule has 1 saturated carbocycles. The van der Waals surface area contributed by atoms with Gasteiger partial charge in [0.15, 0.2) is 10.7 Å². The average molecular weight is 242 g/mol. The van der Waals surface area contributed by atoms with E-state index in [1.54, 1.807) is 11.3 Å². The fourth-order valence-electron chi connectivity index (χ4n) is 2.12. The monoisotopic (exact) mass is 242 g/mol. The number of nitrogens with zero attached hydrogens (tertiary/aromatic N) is 2. The number of Topliss-reactive ketones (excluding diaryl/α,β-unsaturated/α-hetero) is 1. The van der Waals surface area contributed by atoms with Crippen LogP contribution in [-0.4, -0.2) is 15.2 Å². The molecule has 0 N–H and O–H groups in total. The third-order valence-electron chi connectivity index (χ3n) is 3.20. The van der Waals surface area contributed by atoms with Crippen molar-refractivity contribution >= 4 is 32.3 Å². The fourth-order valence-corrected chi connectivity index (χ4v) is 3.13. The van der Waals surface area contributed by atoms with Crippen molar-refractivity contribution < 1.29 is 4.79 Å². The topological polar surface area (TPSA) is 34.4 Å². The van der Waals surface area contributed by atoms with E-state index in [1.807, 2.05) is 22.7 Å². The maximum Gasteiger partial charge on any atom is 0.195 e. The second kappa shape index (κ2) is 3.17. The maximum atomic E-state index is 11.9. The van der Waals surface area contributed by atoms with Gasteiger partial charge in [0.2, 0.25) is 0 Å². The molecule has 0 unspecified atom stereocenters. The maximum absolute atomic E-state index is 11.9. The molecule has 3 aromatic rings. The Labute approximate surface area is 102 Å². The Hall–Kier alpha value is -1.68. The number of carbonyl (C=O) groups is 1. The molecule has 0 atom stereocenters. The lowest BCUT2D eigenvalue weighted by atomic mass is 10.2. The fraction of sp³-hybridized carbons (Fsp3) is 0.231. The van der Waals surface area contributed by atoms with Gasteiger partial charge in [-0.15, -0.1) is 0 Å². The minimum atomic E-state index is 0.213. The van der Waals surface area contributed by atoms with Gasteiger partial charge in [-0.3, -0.25) is 9.20 Å². The number of para-hydroxylation sites is 1. The highest BCUT2D eigenvalue weighted by molar-refractivity contribution is 7.23. The summed E-state index contributed by atoms with van der Waals surface area (Å²) < 4.78 is 3.23. The van der Waals surface area contributed by atoms with Gasteiger partial charge in [-0.25, -0.2) is 4.98 Å². The molecule has 0 radical (unpaired) electrons. The minimum absolute atomic E-state index is 0.213. The van der Waals surface area contributed by atoms with E-state index in [-0.39, 0.29) is 11.7 Å². The molecule has 0 amide bonds. The van der Waals surface area contributed by atoms with Crippen molar-refractivity contribution in [3.63, 3.8) is 0 Å². The number of thiazole rings is 1. The van der Waals surface area contributed by atoms with Crippen LogP contribution in [-0.2, 0) is 0 Å². The van der Waals surface area contributed by atoms with Crippen LogP contribution in [0.15, 0.2) is 30.5 Å². The van der Waals surface area contributed by atoms with Gasteiger partial charge < -0.3 is 0 Å². The highest BCUT2D eigenvalue weighted by Gasteiger charge is 2.32. The molecular weight excluding hydrogens is 232 g/mol. The van der Waals surface area contributed by atoms with E-state index in [1.165, 1.54) is 4.70 Å². The molecule has 0 saturated heterocycles. The normalized spacial score (nSPS) is 15.8. The summed E-state index contributed by atoms with van der Waals surface area (Å²) in [6, 6.07) is 8.17. The van der Waals surface area contributed by atoms with Gasteiger partial charge in [-0.1, -0.05) is 23.5 Å². The number of fused-ring (bicyclic) bond motifs is 3. The number of hydrogen-bond donors (Lipinski definition) is 0. The van der Waals surface area contributed by atoms with E-state index in [4.69, 9.17) is 0 Å². The first-order chi connectivity index (χ1) is 8.33. The van der Waals surface area contributed by atoms with E-state index in [0.29, 0.717) is 5.69 Å². The molecule has 0 bridgehead atoms. The Kier molecular flexibility index (Phi) is 1.74. The summed E-state index contributed by atoms with van der Waals surface area (Å²) in [5.41, 5.74) is 1.76. The SMILES string of the molecule is O=C(c1cn2c(n1)sc1ccccc12)C1CC1. The van der Waals surface area contributed by atoms with Crippen LogP contribution in [0.4, 0.5) is 0 Å². The second-order valence-corrected chi connectivity index (χ2v) is 5.50. The summed E-state index contributed by atoms with van der Waals surface area (Å²) in [7, 11) is 0. The molecule has 0 aliphatic heterocycles. The summed E-state index contributed by atoms with van der Waals surface area (Å²) in [6.07, 6.45) is 3.95. The predicted molar refractivity (Wildman–Crippen MR) is 67.6 cm³/mol. The zero-order valence-corrected chi connectivity index (χ0v) is 9.91. The summed E-state index contributed by atoms with van der Waals surface area (Å²) in [5, 5.41) is 0. The van der Waals surface area contributed by atoms with Crippen molar-refractivity contribution in [1.29, 1.82) is 0 Å². The second-order valence-electron chi connectivity index (χ2n) is 4.49. The molecule has 17 heavy (non-hydrogen) atoms. The van der Waals surface area contributed by atoms with Gasteiger partial charge in [-0.05, 0) is 25.0 Å². The highest BCUT2D eigenvalue weighted by Crippen LogP contribution is 2.33. The van der Waals surface area contributed by atoms with Crippen LogP contribution in [0.2, 0.25) is 0 Å². The first-order valence-electron chi connectivity index (χ1n) is 5.74. The van der Waals surface area contributed by atoms with Crippen LogP contribution in [0, 0.1) is 5.92 Å². The molecule has 0 spiro atoms. The third kappa shape index (κ3) is 1.34. The Morgan fingerprint density at radius 2 is 2.18 bits per heavy atom. The van der Waals surface area contributed by atoms with E-state index in [9.17, 15) is 4.79 Å². The number of ketones is 1.